The molecule has 162 valence electrons. The summed E-state index contributed by atoms with van der Waals surface area (Å²) in [7, 11) is -4.74. The van der Waals surface area contributed by atoms with Gasteiger partial charge in [-0.3, -0.25) is 4.55 Å². The Hall–Kier alpha value is -1.42. The first-order valence-electron chi connectivity index (χ1n) is 11.1. The normalized spacial score (nSPS) is 19.3. The van der Waals surface area contributed by atoms with Crippen molar-refractivity contribution in [2.45, 2.75) is 80.4 Å². The Kier molecular flexibility index (Phi) is 6.81. The fourth-order valence-electron chi connectivity index (χ4n) is 5.23. The Bertz CT molecular complexity index is 958. The number of benzene rings is 2. The number of phenolic OH excluding ortho intramolecular Hbond substituents is 1. The van der Waals surface area contributed by atoms with Gasteiger partial charge in [0.15, 0.2) is 0 Å². The van der Waals surface area contributed by atoms with E-state index >= 15 is 0 Å². The molecule has 2 N–H and O–H groups in total. The van der Waals surface area contributed by atoms with Gasteiger partial charge in [-0.15, -0.1) is 0 Å². The largest absolute Gasteiger partial charge is 0.507 e. The molecule has 0 amide bonds. The van der Waals surface area contributed by atoms with Gasteiger partial charge in [0.1, 0.15) is 5.75 Å². The van der Waals surface area contributed by atoms with Crippen LogP contribution in [0.3, 0.4) is 0 Å². The van der Waals surface area contributed by atoms with Gasteiger partial charge in [-0.25, -0.2) is 0 Å². The van der Waals surface area contributed by atoms with E-state index in [9.17, 15) is 18.1 Å². The zero-order valence-electron chi connectivity index (χ0n) is 17.3. The summed E-state index contributed by atoms with van der Waals surface area (Å²) in [6.07, 6.45) is 12.9. The van der Waals surface area contributed by atoms with Gasteiger partial charge in [-0.1, -0.05) is 70.7 Å². The fourth-order valence-corrected chi connectivity index (χ4v) is 9.69. The van der Waals surface area contributed by atoms with Gasteiger partial charge in [0.05, 0.1) is 4.90 Å². The summed E-state index contributed by atoms with van der Waals surface area (Å²) in [4.78, 5) is -0.176. The van der Waals surface area contributed by atoms with Crippen molar-refractivity contribution < 1.29 is 18.1 Å². The van der Waals surface area contributed by atoms with Gasteiger partial charge in [-0.2, -0.15) is 8.42 Å². The summed E-state index contributed by atoms with van der Waals surface area (Å²) in [5.41, 5.74) is 2.82. The van der Waals surface area contributed by atoms with E-state index in [-0.39, 0.29) is 10.6 Å². The third-order valence-corrected chi connectivity index (χ3v) is 11.1. The van der Waals surface area contributed by atoms with Crippen molar-refractivity contribution in [1.29, 1.82) is 0 Å². The lowest BCUT2D eigenvalue weighted by Crippen LogP contribution is -2.27. The van der Waals surface area contributed by atoms with Crippen LogP contribution in [0.1, 0.15) is 64.2 Å². The van der Waals surface area contributed by atoms with Gasteiger partial charge in [-0.05, 0) is 66.1 Å². The Morgan fingerprint density at radius 2 is 1.33 bits per heavy atom. The molecular formula is C24H31O4PS. The molecule has 0 unspecified atom stereocenters. The fraction of sp³-hybridized carbons (Fsp3) is 0.500. The maximum absolute atomic E-state index is 11.7. The number of aromatic hydroxyl groups is 1. The van der Waals surface area contributed by atoms with Crippen molar-refractivity contribution in [2.24, 2.45) is 0 Å². The molecule has 2 aromatic carbocycles. The van der Waals surface area contributed by atoms with Crippen LogP contribution in [0.5, 0.6) is 5.75 Å². The topological polar surface area (TPSA) is 74.6 Å². The van der Waals surface area contributed by atoms with Gasteiger partial charge in [0.2, 0.25) is 0 Å². The number of rotatable bonds is 5. The molecule has 2 aliphatic carbocycles. The third kappa shape index (κ3) is 4.74. The minimum Gasteiger partial charge on any atom is -0.507 e. The van der Waals surface area contributed by atoms with Crippen molar-refractivity contribution >= 4 is 23.3 Å². The average molecular weight is 447 g/mol. The highest BCUT2D eigenvalue weighted by Crippen LogP contribution is 2.56. The second-order valence-corrected chi connectivity index (χ2v) is 12.8. The zero-order valence-corrected chi connectivity index (χ0v) is 19.0. The molecule has 2 aromatic rings. The number of phenols is 1. The molecule has 2 saturated carbocycles. The molecule has 0 aliphatic heterocycles. The van der Waals surface area contributed by atoms with Crippen LogP contribution in [0.4, 0.5) is 0 Å². The van der Waals surface area contributed by atoms with Crippen LogP contribution in [-0.2, 0) is 10.1 Å². The van der Waals surface area contributed by atoms with E-state index in [0.717, 1.165) is 5.56 Å². The van der Waals surface area contributed by atoms with Crippen LogP contribution < -0.4 is 5.30 Å². The predicted molar refractivity (Wildman–Crippen MR) is 124 cm³/mol. The van der Waals surface area contributed by atoms with Crippen LogP contribution in [0.25, 0.3) is 11.1 Å². The lowest BCUT2D eigenvalue weighted by molar-refractivity contribution is 0.474. The highest BCUT2D eigenvalue weighted by atomic mass is 32.2. The molecule has 0 radical (unpaired) electrons. The predicted octanol–water partition coefficient (Wildman–Crippen LogP) is 6.08. The van der Waals surface area contributed by atoms with Crippen molar-refractivity contribution in [3.63, 3.8) is 0 Å². The molecule has 4 nitrogen and oxygen atoms in total. The first-order valence-corrected chi connectivity index (χ1v) is 14.1. The summed E-state index contributed by atoms with van der Waals surface area (Å²) >= 11 is 0. The Balaban J connectivity index is 1.82. The van der Waals surface area contributed by atoms with E-state index in [1.165, 1.54) is 87.7 Å². The second-order valence-electron chi connectivity index (χ2n) is 8.66. The van der Waals surface area contributed by atoms with E-state index in [2.05, 4.69) is 12.1 Å². The van der Waals surface area contributed by atoms with Crippen LogP contribution in [-0.4, -0.2) is 29.4 Å². The average Bonchev–Trinajstić information content (AvgIpc) is 2.75. The van der Waals surface area contributed by atoms with Crippen LogP contribution in [0.15, 0.2) is 47.4 Å². The Morgan fingerprint density at radius 1 is 0.767 bits per heavy atom. The van der Waals surface area contributed by atoms with Crippen LogP contribution in [0.2, 0.25) is 0 Å². The first kappa shape index (κ1) is 21.8. The monoisotopic (exact) mass is 446 g/mol. The zero-order chi connectivity index (χ0) is 21.1. The molecule has 0 atom stereocenters. The standard InChI is InChI=1S/C24H31O4PS/c25-23-16-15-20(30(26,27)28)17-22(23)21-13-7-8-14-24(21)29(18-9-3-1-4-10-18)19-11-5-2-6-12-19/h7-8,13-19,25H,1-6,9-12H2,(H,26,27,28). The van der Waals surface area contributed by atoms with E-state index in [1.54, 1.807) is 0 Å². The van der Waals surface area contributed by atoms with Crippen molar-refractivity contribution in [2.75, 3.05) is 0 Å². The summed E-state index contributed by atoms with van der Waals surface area (Å²) in [6, 6.07) is 12.3. The minimum absolute atomic E-state index is 0.0529. The molecule has 4 rings (SSSR count). The summed E-state index contributed by atoms with van der Waals surface area (Å²) in [5.74, 6) is 0.0529. The van der Waals surface area contributed by atoms with Crippen molar-refractivity contribution in [3.8, 4) is 16.9 Å². The number of hydrogen-bond acceptors (Lipinski definition) is 3. The summed E-state index contributed by atoms with van der Waals surface area (Å²) < 4.78 is 33.0. The Morgan fingerprint density at radius 3 is 1.90 bits per heavy atom. The van der Waals surface area contributed by atoms with Crippen molar-refractivity contribution in [1.82, 2.24) is 0 Å². The van der Waals surface area contributed by atoms with E-state index in [0.29, 0.717) is 16.9 Å². The maximum Gasteiger partial charge on any atom is 0.294 e. The molecule has 0 aromatic heterocycles. The highest BCUT2D eigenvalue weighted by Gasteiger charge is 2.34. The molecular weight excluding hydrogens is 415 g/mol. The third-order valence-electron chi connectivity index (χ3n) is 6.67. The van der Waals surface area contributed by atoms with Gasteiger partial charge in [0, 0.05) is 5.56 Å². The van der Waals surface area contributed by atoms with E-state index in [1.807, 2.05) is 12.1 Å². The smallest absolute Gasteiger partial charge is 0.294 e. The van der Waals surface area contributed by atoms with Crippen molar-refractivity contribution in [3.05, 3.63) is 42.5 Å². The Labute approximate surface area is 181 Å². The summed E-state index contributed by atoms with van der Waals surface area (Å²) in [5, 5.41) is 11.9. The number of hydrogen-bond donors (Lipinski definition) is 2. The lowest BCUT2D eigenvalue weighted by Gasteiger charge is -2.39. The highest BCUT2D eigenvalue weighted by molar-refractivity contribution is 7.85. The first-order chi connectivity index (χ1) is 14.4. The molecule has 0 heterocycles. The molecule has 6 heteroatoms. The van der Waals surface area contributed by atoms with Crippen LogP contribution in [0, 0.1) is 0 Å². The second kappa shape index (κ2) is 9.38. The maximum atomic E-state index is 11.7. The summed E-state index contributed by atoms with van der Waals surface area (Å²) in [6.45, 7) is 0. The molecule has 0 saturated heterocycles. The van der Waals surface area contributed by atoms with Crippen LogP contribution >= 0.6 is 7.92 Å². The molecule has 2 fully saturated rings. The van der Waals surface area contributed by atoms with E-state index in [4.69, 9.17) is 0 Å². The van der Waals surface area contributed by atoms with E-state index < -0.39 is 18.0 Å². The molecule has 30 heavy (non-hydrogen) atoms. The minimum atomic E-state index is -4.33. The molecule has 0 bridgehead atoms. The SMILES string of the molecule is O=S(=O)(O)c1ccc(O)c(-c2ccccc2P(C2CCCCC2)C2CCCCC2)c1. The quantitative estimate of drug-likeness (QED) is 0.431. The van der Waals surface area contributed by atoms with Gasteiger partial charge >= 0.3 is 0 Å². The van der Waals surface area contributed by atoms with Gasteiger partial charge in [0.25, 0.3) is 10.1 Å². The van der Waals surface area contributed by atoms with Gasteiger partial charge < -0.3 is 5.11 Å². The lowest BCUT2D eigenvalue weighted by atomic mass is 9.99. The molecule has 2 aliphatic rings. The molecule has 0 spiro atoms.